The molecule has 1 saturated heterocycles. The van der Waals surface area contributed by atoms with Crippen molar-refractivity contribution in [2.75, 3.05) is 27.2 Å². The fourth-order valence-electron chi connectivity index (χ4n) is 2.39. The molecule has 2 rings (SSSR count). The first-order valence-electron chi connectivity index (χ1n) is 6.26. The predicted octanol–water partition coefficient (Wildman–Crippen LogP) is 2.55. The molecule has 2 heterocycles. The number of nitrogens with zero attached hydrogens (tertiary/aromatic N) is 3. The van der Waals surface area contributed by atoms with Gasteiger partial charge in [0, 0.05) is 25.8 Å². The van der Waals surface area contributed by atoms with E-state index in [2.05, 4.69) is 16.9 Å². The zero-order chi connectivity index (χ0) is 14.0. The number of aromatic nitrogens is 1. The van der Waals surface area contributed by atoms with Gasteiger partial charge in [0.2, 0.25) is 0 Å². The molecule has 0 spiro atoms. The summed E-state index contributed by atoms with van der Waals surface area (Å²) < 4.78 is 0. The summed E-state index contributed by atoms with van der Waals surface area (Å²) in [6.07, 6.45) is 3.72. The molecule has 1 atom stereocenters. The highest BCUT2D eigenvalue weighted by Crippen LogP contribution is 2.21. The molecule has 0 aromatic carbocycles. The third kappa shape index (κ3) is 3.38. The van der Waals surface area contributed by atoms with Crippen LogP contribution in [-0.2, 0) is 0 Å². The Morgan fingerprint density at radius 1 is 1.58 bits per heavy atom. The van der Waals surface area contributed by atoms with Crippen LogP contribution in [0.2, 0.25) is 10.2 Å². The first kappa shape index (κ1) is 14.6. The summed E-state index contributed by atoms with van der Waals surface area (Å²) in [5.74, 6) is -0.116. The van der Waals surface area contributed by atoms with E-state index in [1.807, 2.05) is 0 Å². The lowest BCUT2D eigenvalue weighted by molar-refractivity contribution is 0.0761. The largest absolute Gasteiger partial charge is 0.340 e. The second-order valence-corrected chi connectivity index (χ2v) is 5.74. The van der Waals surface area contributed by atoms with E-state index >= 15 is 0 Å². The SMILES string of the molecule is CN(CC1CCCN1C)C(=O)c1cc(Cl)ncc1Cl. The van der Waals surface area contributed by atoms with E-state index in [0.717, 1.165) is 13.0 Å². The summed E-state index contributed by atoms with van der Waals surface area (Å²) in [5.41, 5.74) is 0.407. The molecule has 0 aliphatic carbocycles. The van der Waals surface area contributed by atoms with Gasteiger partial charge in [0.15, 0.2) is 0 Å². The van der Waals surface area contributed by atoms with Crippen molar-refractivity contribution in [3.8, 4) is 0 Å². The van der Waals surface area contributed by atoms with Crippen molar-refractivity contribution in [2.45, 2.75) is 18.9 Å². The number of rotatable bonds is 3. The second-order valence-electron chi connectivity index (χ2n) is 4.95. The van der Waals surface area contributed by atoms with E-state index in [1.165, 1.54) is 18.7 Å². The number of pyridine rings is 1. The van der Waals surface area contributed by atoms with Gasteiger partial charge in [0.25, 0.3) is 5.91 Å². The minimum absolute atomic E-state index is 0.116. The Labute approximate surface area is 123 Å². The van der Waals surface area contributed by atoms with Crippen LogP contribution >= 0.6 is 23.2 Å². The lowest BCUT2D eigenvalue weighted by Crippen LogP contribution is -2.39. The maximum Gasteiger partial charge on any atom is 0.255 e. The second kappa shape index (κ2) is 6.07. The van der Waals surface area contributed by atoms with Gasteiger partial charge in [0.1, 0.15) is 5.15 Å². The van der Waals surface area contributed by atoms with E-state index in [-0.39, 0.29) is 11.1 Å². The van der Waals surface area contributed by atoms with Crippen LogP contribution < -0.4 is 0 Å². The van der Waals surface area contributed by atoms with Crippen molar-refractivity contribution in [3.05, 3.63) is 28.0 Å². The van der Waals surface area contributed by atoms with Gasteiger partial charge in [-0.2, -0.15) is 0 Å². The fourth-order valence-corrected chi connectivity index (χ4v) is 2.73. The van der Waals surface area contributed by atoms with Crippen LogP contribution in [0.4, 0.5) is 0 Å². The quantitative estimate of drug-likeness (QED) is 0.805. The summed E-state index contributed by atoms with van der Waals surface area (Å²) >= 11 is 11.8. The van der Waals surface area contributed by atoms with E-state index in [9.17, 15) is 4.79 Å². The minimum atomic E-state index is -0.116. The number of amides is 1. The number of likely N-dealkylation sites (N-methyl/N-ethyl adjacent to an activating group) is 2. The van der Waals surface area contributed by atoms with Crippen molar-refractivity contribution in [2.24, 2.45) is 0 Å². The zero-order valence-electron chi connectivity index (χ0n) is 11.1. The molecule has 1 unspecified atom stereocenters. The van der Waals surface area contributed by atoms with E-state index in [0.29, 0.717) is 23.2 Å². The summed E-state index contributed by atoms with van der Waals surface area (Å²) in [6, 6.07) is 1.94. The lowest BCUT2D eigenvalue weighted by atomic mass is 10.2. The molecule has 1 aliphatic heterocycles. The summed E-state index contributed by atoms with van der Waals surface area (Å²) in [6.45, 7) is 1.79. The van der Waals surface area contributed by atoms with Crippen molar-refractivity contribution in [1.82, 2.24) is 14.8 Å². The lowest BCUT2D eigenvalue weighted by Gasteiger charge is -2.26. The Balaban J connectivity index is 2.08. The molecule has 19 heavy (non-hydrogen) atoms. The molecular formula is C13H17Cl2N3O. The van der Waals surface area contributed by atoms with Gasteiger partial charge in [-0.25, -0.2) is 4.98 Å². The third-order valence-corrected chi connectivity index (χ3v) is 4.06. The van der Waals surface area contributed by atoms with Gasteiger partial charge in [0.05, 0.1) is 10.6 Å². The number of halogens is 2. The van der Waals surface area contributed by atoms with E-state index < -0.39 is 0 Å². The maximum absolute atomic E-state index is 12.3. The van der Waals surface area contributed by atoms with Crippen LogP contribution in [0.15, 0.2) is 12.3 Å². The first-order valence-corrected chi connectivity index (χ1v) is 7.01. The Morgan fingerprint density at radius 2 is 2.32 bits per heavy atom. The van der Waals surface area contributed by atoms with Crippen molar-refractivity contribution in [1.29, 1.82) is 0 Å². The smallest absolute Gasteiger partial charge is 0.255 e. The van der Waals surface area contributed by atoms with Crippen molar-refractivity contribution >= 4 is 29.1 Å². The van der Waals surface area contributed by atoms with Crippen molar-refractivity contribution in [3.63, 3.8) is 0 Å². The Kier molecular flexibility index (Phi) is 4.66. The number of carbonyl (C=O) groups is 1. The molecule has 1 fully saturated rings. The highest BCUT2D eigenvalue weighted by molar-refractivity contribution is 6.35. The van der Waals surface area contributed by atoms with E-state index in [1.54, 1.807) is 11.9 Å². The van der Waals surface area contributed by atoms with Gasteiger partial charge in [-0.3, -0.25) is 4.79 Å². The molecule has 6 heteroatoms. The highest BCUT2D eigenvalue weighted by atomic mass is 35.5. The number of carbonyl (C=O) groups excluding carboxylic acids is 1. The van der Waals surface area contributed by atoms with Crippen LogP contribution in [0.1, 0.15) is 23.2 Å². The minimum Gasteiger partial charge on any atom is -0.340 e. The van der Waals surface area contributed by atoms with Gasteiger partial charge in [-0.05, 0) is 32.5 Å². The first-order chi connectivity index (χ1) is 8.99. The average Bonchev–Trinajstić information content (AvgIpc) is 2.77. The number of hydrogen-bond donors (Lipinski definition) is 0. The molecule has 0 saturated carbocycles. The Morgan fingerprint density at radius 3 is 2.95 bits per heavy atom. The molecule has 0 N–H and O–H groups in total. The molecule has 104 valence electrons. The van der Waals surface area contributed by atoms with Crippen LogP contribution in [-0.4, -0.2) is 53.9 Å². The van der Waals surface area contributed by atoms with Crippen LogP contribution in [0.5, 0.6) is 0 Å². The topological polar surface area (TPSA) is 36.4 Å². The molecule has 0 radical (unpaired) electrons. The molecule has 1 amide bonds. The molecule has 4 nitrogen and oxygen atoms in total. The fraction of sp³-hybridized carbons (Fsp3) is 0.538. The summed E-state index contributed by atoms with van der Waals surface area (Å²) in [5, 5.41) is 0.611. The Bertz CT molecular complexity index is 481. The standard InChI is InChI=1S/C13H17Cl2N3O/c1-17-5-3-4-9(17)8-18(2)13(19)10-6-12(15)16-7-11(10)14/h6-7,9H,3-5,8H2,1-2H3. The van der Waals surface area contributed by atoms with Crippen molar-refractivity contribution < 1.29 is 4.79 Å². The van der Waals surface area contributed by atoms with Crippen LogP contribution in [0.3, 0.4) is 0 Å². The molecule has 1 aromatic rings. The van der Waals surface area contributed by atoms with Gasteiger partial charge < -0.3 is 9.80 Å². The molecule has 1 aromatic heterocycles. The van der Waals surface area contributed by atoms with Crippen LogP contribution in [0.25, 0.3) is 0 Å². The number of likely N-dealkylation sites (tertiary alicyclic amines) is 1. The van der Waals surface area contributed by atoms with Gasteiger partial charge in [-0.1, -0.05) is 23.2 Å². The highest BCUT2D eigenvalue weighted by Gasteiger charge is 2.25. The molecule has 1 aliphatic rings. The predicted molar refractivity (Wildman–Crippen MR) is 76.9 cm³/mol. The molecule has 0 bridgehead atoms. The zero-order valence-corrected chi connectivity index (χ0v) is 12.6. The summed E-state index contributed by atoms with van der Waals surface area (Å²) in [7, 11) is 3.88. The average molecular weight is 302 g/mol. The molecular weight excluding hydrogens is 285 g/mol. The normalized spacial score (nSPS) is 19.7. The number of hydrogen-bond acceptors (Lipinski definition) is 3. The monoisotopic (exact) mass is 301 g/mol. The van der Waals surface area contributed by atoms with Crippen LogP contribution in [0, 0.1) is 0 Å². The maximum atomic E-state index is 12.3. The third-order valence-electron chi connectivity index (χ3n) is 3.56. The Hall–Kier alpha value is -0.840. The van der Waals surface area contributed by atoms with Gasteiger partial charge in [-0.15, -0.1) is 0 Å². The van der Waals surface area contributed by atoms with Gasteiger partial charge >= 0.3 is 0 Å². The van der Waals surface area contributed by atoms with E-state index in [4.69, 9.17) is 23.2 Å². The summed E-state index contributed by atoms with van der Waals surface area (Å²) in [4.78, 5) is 20.2.